The Morgan fingerprint density at radius 2 is 1.82 bits per heavy atom. The third-order valence-electron chi connectivity index (χ3n) is 4.02. The van der Waals surface area contributed by atoms with E-state index in [1.54, 1.807) is 6.07 Å². The first-order chi connectivity index (χ1) is 10.5. The molecule has 2 rings (SSSR count). The van der Waals surface area contributed by atoms with Crippen LogP contribution in [-0.2, 0) is 10.0 Å². The molecule has 1 saturated heterocycles. The maximum atomic E-state index is 12.5. The van der Waals surface area contributed by atoms with Crippen LogP contribution in [0.2, 0.25) is 0 Å². The summed E-state index contributed by atoms with van der Waals surface area (Å²) in [4.78, 5) is 2.52. The van der Waals surface area contributed by atoms with Gasteiger partial charge in [-0.25, -0.2) is 13.1 Å². The lowest BCUT2D eigenvalue weighted by molar-refractivity contribution is 0.217. The quantitative estimate of drug-likeness (QED) is 0.856. The van der Waals surface area contributed by atoms with Crippen molar-refractivity contribution < 1.29 is 17.9 Å². The molecule has 1 aromatic rings. The van der Waals surface area contributed by atoms with Gasteiger partial charge in [-0.15, -0.1) is 0 Å². The number of benzene rings is 1. The van der Waals surface area contributed by atoms with Gasteiger partial charge < -0.3 is 14.4 Å². The van der Waals surface area contributed by atoms with Crippen LogP contribution in [0.3, 0.4) is 0 Å². The van der Waals surface area contributed by atoms with Crippen molar-refractivity contribution in [2.75, 3.05) is 33.9 Å². The first-order valence-electron chi connectivity index (χ1n) is 7.47. The van der Waals surface area contributed by atoms with Gasteiger partial charge in [0.2, 0.25) is 10.0 Å². The number of hydrogen-bond donors (Lipinski definition) is 1. The van der Waals surface area contributed by atoms with Crippen LogP contribution in [0.1, 0.15) is 19.8 Å². The predicted octanol–water partition coefficient (Wildman–Crippen LogP) is 1.47. The Labute approximate surface area is 132 Å². The van der Waals surface area contributed by atoms with E-state index in [4.69, 9.17) is 9.47 Å². The molecule has 6 nitrogen and oxygen atoms in total. The molecule has 22 heavy (non-hydrogen) atoms. The van der Waals surface area contributed by atoms with Crippen LogP contribution in [0.5, 0.6) is 11.5 Å². The third-order valence-corrected chi connectivity index (χ3v) is 5.54. The van der Waals surface area contributed by atoms with E-state index in [-0.39, 0.29) is 10.9 Å². The number of piperidine rings is 1. The Hall–Kier alpha value is -1.31. The lowest BCUT2D eigenvalue weighted by atomic mass is 10.1. The summed E-state index contributed by atoms with van der Waals surface area (Å²) in [7, 11) is -0.538. The topological polar surface area (TPSA) is 67.9 Å². The maximum absolute atomic E-state index is 12.5. The Morgan fingerprint density at radius 1 is 1.18 bits per heavy atom. The summed E-state index contributed by atoms with van der Waals surface area (Å²) < 4.78 is 38.1. The zero-order valence-electron chi connectivity index (χ0n) is 13.3. The monoisotopic (exact) mass is 328 g/mol. The molecule has 1 N–H and O–H groups in total. The van der Waals surface area contributed by atoms with Crippen LogP contribution < -0.4 is 14.2 Å². The van der Waals surface area contributed by atoms with Crippen molar-refractivity contribution in [1.82, 2.24) is 9.62 Å². The lowest BCUT2D eigenvalue weighted by Gasteiger charge is -2.31. The van der Waals surface area contributed by atoms with Gasteiger partial charge in [-0.3, -0.25) is 0 Å². The van der Waals surface area contributed by atoms with Gasteiger partial charge in [-0.2, -0.15) is 0 Å². The molecule has 0 bridgehead atoms. The van der Waals surface area contributed by atoms with Gasteiger partial charge in [0.25, 0.3) is 0 Å². The van der Waals surface area contributed by atoms with Crippen molar-refractivity contribution in [3.05, 3.63) is 18.2 Å². The molecular formula is C15H24N2O4S. The SMILES string of the molecule is CCN1CCC(NS(=O)(=O)c2ccc(OC)c(OC)c2)CC1. The molecule has 0 unspecified atom stereocenters. The second-order valence-electron chi connectivity index (χ2n) is 5.35. The molecule has 1 aromatic carbocycles. The van der Waals surface area contributed by atoms with Crippen LogP contribution in [-0.4, -0.2) is 53.2 Å². The molecule has 1 aliphatic heterocycles. The summed E-state index contributed by atoms with van der Waals surface area (Å²) in [6, 6.07) is 4.61. The number of sulfonamides is 1. The average Bonchev–Trinajstić information content (AvgIpc) is 2.54. The van der Waals surface area contributed by atoms with Crippen LogP contribution >= 0.6 is 0 Å². The highest BCUT2D eigenvalue weighted by atomic mass is 32.2. The van der Waals surface area contributed by atoms with E-state index < -0.39 is 10.0 Å². The van der Waals surface area contributed by atoms with E-state index in [1.807, 2.05) is 0 Å². The zero-order valence-corrected chi connectivity index (χ0v) is 14.1. The first kappa shape index (κ1) is 17.1. The molecule has 0 aromatic heterocycles. The van der Waals surface area contributed by atoms with E-state index in [0.717, 1.165) is 32.5 Å². The molecule has 0 radical (unpaired) electrons. The minimum absolute atomic E-state index is 0.0131. The molecule has 0 saturated carbocycles. The molecule has 0 atom stereocenters. The molecule has 1 heterocycles. The van der Waals surface area contributed by atoms with Crippen LogP contribution in [0.4, 0.5) is 0 Å². The summed E-state index contributed by atoms with van der Waals surface area (Å²) in [6.45, 7) is 4.98. The average molecular weight is 328 g/mol. The highest BCUT2D eigenvalue weighted by molar-refractivity contribution is 7.89. The maximum Gasteiger partial charge on any atom is 0.240 e. The summed E-state index contributed by atoms with van der Waals surface area (Å²) >= 11 is 0. The molecule has 0 amide bonds. The molecule has 0 spiro atoms. The van der Waals surface area contributed by atoms with Gasteiger partial charge in [0.1, 0.15) is 0 Å². The predicted molar refractivity (Wildman–Crippen MR) is 85.0 cm³/mol. The second-order valence-corrected chi connectivity index (χ2v) is 7.06. The van der Waals surface area contributed by atoms with Crippen molar-refractivity contribution in [3.63, 3.8) is 0 Å². The van der Waals surface area contributed by atoms with Crippen molar-refractivity contribution in [2.45, 2.75) is 30.7 Å². The lowest BCUT2D eigenvalue weighted by Crippen LogP contribution is -2.44. The normalized spacial score (nSPS) is 17.4. The Bertz CT molecular complexity index is 596. The van der Waals surface area contributed by atoms with Gasteiger partial charge in [0, 0.05) is 12.1 Å². The fourth-order valence-corrected chi connectivity index (χ4v) is 3.96. The molecule has 1 fully saturated rings. The number of methoxy groups -OCH3 is 2. The van der Waals surface area contributed by atoms with Crippen LogP contribution in [0.25, 0.3) is 0 Å². The number of ether oxygens (including phenoxy) is 2. The fraction of sp³-hybridized carbons (Fsp3) is 0.600. The largest absolute Gasteiger partial charge is 0.493 e. The van der Waals surface area contributed by atoms with Crippen LogP contribution in [0.15, 0.2) is 23.1 Å². The fourth-order valence-electron chi connectivity index (χ4n) is 2.64. The van der Waals surface area contributed by atoms with E-state index >= 15 is 0 Å². The minimum Gasteiger partial charge on any atom is -0.493 e. The molecule has 0 aliphatic carbocycles. The van der Waals surface area contributed by atoms with Crippen molar-refractivity contribution in [3.8, 4) is 11.5 Å². The van der Waals surface area contributed by atoms with Gasteiger partial charge in [0.15, 0.2) is 11.5 Å². The third kappa shape index (κ3) is 3.91. The number of nitrogens with zero attached hydrogens (tertiary/aromatic N) is 1. The first-order valence-corrected chi connectivity index (χ1v) is 8.95. The van der Waals surface area contributed by atoms with Gasteiger partial charge in [0.05, 0.1) is 19.1 Å². The number of rotatable bonds is 6. The molecule has 124 valence electrons. The smallest absolute Gasteiger partial charge is 0.240 e. The van der Waals surface area contributed by atoms with Gasteiger partial charge >= 0.3 is 0 Å². The van der Waals surface area contributed by atoms with E-state index in [9.17, 15) is 8.42 Å². The van der Waals surface area contributed by atoms with Crippen molar-refractivity contribution in [2.24, 2.45) is 0 Å². The highest BCUT2D eigenvalue weighted by Crippen LogP contribution is 2.29. The Morgan fingerprint density at radius 3 is 2.36 bits per heavy atom. The van der Waals surface area contributed by atoms with E-state index in [2.05, 4.69) is 16.5 Å². The minimum atomic E-state index is -3.55. The molecule has 1 aliphatic rings. The Balaban J connectivity index is 2.10. The molecular weight excluding hydrogens is 304 g/mol. The van der Waals surface area contributed by atoms with Crippen molar-refractivity contribution >= 4 is 10.0 Å². The number of nitrogens with one attached hydrogen (secondary N) is 1. The van der Waals surface area contributed by atoms with Gasteiger partial charge in [-0.05, 0) is 44.6 Å². The van der Waals surface area contributed by atoms with Gasteiger partial charge in [-0.1, -0.05) is 6.92 Å². The molecule has 7 heteroatoms. The summed E-state index contributed by atoms with van der Waals surface area (Å²) in [5.74, 6) is 0.920. The standard InChI is InChI=1S/C15H24N2O4S/c1-4-17-9-7-12(8-10-17)16-22(18,19)13-5-6-14(20-2)15(11-13)21-3/h5-6,11-12,16H,4,7-10H2,1-3H3. The van der Waals surface area contributed by atoms with E-state index in [0.29, 0.717) is 11.5 Å². The van der Waals surface area contributed by atoms with E-state index in [1.165, 1.54) is 26.4 Å². The second kappa shape index (κ2) is 7.30. The summed E-state index contributed by atoms with van der Waals surface area (Å²) in [5.41, 5.74) is 0. The number of likely N-dealkylation sites (tertiary alicyclic amines) is 1. The summed E-state index contributed by atoms with van der Waals surface area (Å²) in [6.07, 6.45) is 1.67. The van der Waals surface area contributed by atoms with Crippen LogP contribution in [0, 0.1) is 0 Å². The van der Waals surface area contributed by atoms with Crippen molar-refractivity contribution in [1.29, 1.82) is 0 Å². The Kier molecular flexibility index (Phi) is 5.66. The zero-order chi connectivity index (χ0) is 16.2. The summed E-state index contributed by atoms with van der Waals surface area (Å²) in [5, 5.41) is 0. The highest BCUT2D eigenvalue weighted by Gasteiger charge is 2.24. The number of hydrogen-bond acceptors (Lipinski definition) is 5.